The number of nitrogens with zero attached hydrogens (tertiary/aromatic N) is 1. The lowest BCUT2D eigenvalue weighted by Crippen LogP contribution is -2.39. The molecule has 0 aliphatic rings. The number of ether oxygens (including phenoxy) is 2. The van der Waals surface area contributed by atoms with Crippen LogP contribution >= 0.6 is 12.2 Å². The molecule has 0 aliphatic carbocycles. The van der Waals surface area contributed by atoms with Gasteiger partial charge in [-0.05, 0) is 61.6 Å². The predicted octanol–water partition coefficient (Wildman–Crippen LogP) is 2.84. The molecule has 0 amide bonds. The number of thiocarbonyl (C=S) groups is 1. The van der Waals surface area contributed by atoms with Gasteiger partial charge in [-0.15, -0.1) is 0 Å². The minimum absolute atomic E-state index is 0.0380. The average molecular weight is 424 g/mol. The van der Waals surface area contributed by atoms with Crippen LogP contribution in [0, 0.1) is 0 Å². The molecule has 9 heteroatoms. The van der Waals surface area contributed by atoms with Crippen molar-refractivity contribution in [3.63, 3.8) is 0 Å². The number of hydrogen-bond acceptors (Lipinski definition) is 5. The first kappa shape index (κ1) is 21.8. The zero-order chi connectivity index (χ0) is 20.7. The van der Waals surface area contributed by atoms with Crippen LogP contribution in [0.4, 0.5) is 11.4 Å². The number of rotatable bonds is 8. The Morgan fingerprint density at radius 3 is 2.43 bits per heavy atom. The molecule has 0 radical (unpaired) electrons. The summed E-state index contributed by atoms with van der Waals surface area (Å²) in [6.07, 6.45) is 1.16. The van der Waals surface area contributed by atoms with E-state index in [-0.39, 0.29) is 6.04 Å². The second kappa shape index (κ2) is 9.61. The number of methoxy groups -OCH3 is 1. The molecule has 0 unspecified atom stereocenters. The zero-order valence-electron chi connectivity index (χ0n) is 16.3. The van der Waals surface area contributed by atoms with Crippen LogP contribution in [-0.2, 0) is 10.0 Å². The Labute approximate surface area is 171 Å². The number of nitrogens with one attached hydrogen (secondary N) is 2. The van der Waals surface area contributed by atoms with Crippen LogP contribution in [0.5, 0.6) is 11.5 Å². The molecule has 0 aliphatic heterocycles. The van der Waals surface area contributed by atoms with Gasteiger partial charge in [0.1, 0.15) is 18.1 Å². The van der Waals surface area contributed by atoms with Crippen molar-refractivity contribution in [2.45, 2.75) is 13.0 Å². The molecule has 152 valence electrons. The van der Waals surface area contributed by atoms with Gasteiger partial charge >= 0.3 is 0 Å². The Bertz CT molecular complexity index is 902. The van der Waals surface area contributed by atoms with Gasteiger partial charge < -0.3 is 20.1 Å². The monoisotopic (exact) mass is 423 g/mol. The van der Waals surface area contributed by atoms with E-state index in [9.17, 15) is 8.42 Å². The lowest BCUT2D eigenvalue weighted by Gasteiger charge is -2.20. The van der Waals surface area contributed by atoms with Crippen molar-refractivity contribution >= 4 is 38.7 Å². The van der Waals surface area contributed by atoms with Gasteiger partial charge in [-0.3, -0.25) is 4.31 Å². The number of benzene rings is 2. The zero-order valence-corrected chi connectivity index (χ0v) is 17.9. The summed E-state index contributed by atoms with van der Waals surface area (Å²) in [5, 5.41) is 6.62. The highest BCUT2D eigenvalue weighted by Gasteiger charge is 2.12. The lowest BCUT2D eigenvalue weighted by molar-refractivity contribution is 0.286. The molecular weight excluding hydrogens is 398 g/mol. The van der Waals surface area contributed by atoms with Gasteiger partial charge in [-0.2, -0.15) is 0 Å². The Morgan fingerprint density at radius 2 is 1.82 bits per heavy atom. The van der Waals surface area contributed by atoms with Crippen LogP contribution in [0.2, 0.25) is 0 Å². The van der Waals surface area contributed by atoms with Gasteiger partial charge in [0, 0.05) is 12.7 Å². The number of hydrogen-bond donors (Lipinski definition) is 2. The van der Waals surface area contributed by atoms with E-state index in [0.29, 0.717) is 23.1 Å². The van der Waals surface area contributed by atoms with E-state index in [1.807, 2.05) is 37.3 Å². The molecular formula is C19H25N3O4S2. The maximum absolute atomic E-state index is 11.7. The van der Waals surface area contributed by atoms with Crippen molar-refractivity contribution < 1.29 is 17.9 Å². The molecule has 0 saturated heterocycles. The van der Waals surface area contributed by atoms with Gasteiger partial charge in [0.25, 0.3) is 0 Å². The topological polar surface area (TPSA) is 79.9 Å². The molecule has 2 N–H and O–H groups in total. The molecule has 1 atom stereocenters. The maximum atomic E-state index is 11.7. The van der Waals surface area contributed by atoms with Crippen molar-refractivity contribution in [1.82, 2.24) is 5.32 Å². The van der Waals surface area contributed by atoms with Crippen molar-refractivity contribution in [2.75, 3.05) is 36.6 Å². The summed E-state index contributed by atoms with van der Waals surface area (Å²) >= 11 is 5.33. The normalized spacial score (nSPS) is 12.0. The first-order chi connectivity index (χ1) is 13.2. The lowest BCUT2D eigenvalue weighted by atomic mass is 10.3. The minimum Gasteiger partial charge on any atom is -0.497 e. The van der Waals surface area contributed by atoms with Crippen molar-refractivity contribution in [3.05, 3.63) is 48.5 Å². The number of sulfonamides is 1. The summed E-state index contributed by atoms with van der Waals surface area (Å²) in [4.78, 5) is 0. The fraction of sp³-hybridized carbons (Fsp3) is 0.316. The van der Waals surface area contributed by atoms with E-state index in [1.165, 1.54) is 11.4 Å². The van der Waals surface area contributed by atoms with Crippen LogP contribution in [0.25, 0.3) is 0 Å². The second-order valence-electron chi connectivity index (χ2n) is 6.27. The van der Waals surface area contributed by atoms with E-state index in [4.69, 9.17) is 21.7 Å². The molecule has 0 heterocycles. The SMILES string of the molecule is COc1ccc(OC[C@H](C)NC(=S)Nc2cccc(N(C)S(C)(=O)=O)c2)cc1. The Balaban J connectivity index is 1.87. The predicted molar refractivity (Wildman–Crippen MR) is 117 cm³/mol. The third-order valence-corrected chi connectivity index (χ3v) is 5.33. The molecule has 2 aromatic carbocycles. The van der Waals surface area contributed by atoms with Crippen LogP contribution in [0.1, 0.15) is 6.92 Å². The first-order valence-electron chi connectivity index (χ1n) is 8.57. The van der Waals surface area contributed by atoms with Gasteiger partial charge in [-0.25, -0.2) is 8.42 Å². The van der Waals surface area contributed by atoms with Crippen LogP contribution < -0.4 is 24.4 Å². The summed E-state index contributed by atoms with van der Waals surface area (Å²) in [5.41, 5.74) is 1.24. The van der Waals surface area contributed by atoms with E-state index in [0.717, 1.165) is 17.8 Å². The summed E-state index contributed by atoms with van der Waals surface area (Å²) in [6, 6.07) is 14.3. The largest absolute Gasteiger partial charge is 0.497 e. The van der Waals surface area contributed by atoms with E-state index in [1.54, 1.807) is 25.3 Å². The minimum atomic E-state index is -3.33. The molecule has 0 bridgehead atoms. The van der Waals surface area contributed by atoms with Gasteiger partial charge in [-0.1, -0.05) is 6.07 Å². The van der Waals surface area contributed by atoms with Crippen molar-refractivity contribution in [3.8, 4) is 11.5 Å². The summed E-state index contributed by atoms with van der Waals surface area (Å²) in [6.45, 7) is 2.37. The standard InChI is InChI=1S/C19H25N3O4S2/c1-14(13-26-18-10-8-17(25-3)9-11-18)20-19(27)21-15-6-5-7-16(12-15)22(2)28(4,23)24/h5-12,14H,13H2,1-4H3,(H2,20,21,27)/t14-/m0/s1. The van der Waals surface area contributed by atoms with Gasteiger partial charge in [0.05, 0.1) is 25.1 Å². The van der Waals surface area contributed by atoms with Crippen molar-refractivity contribution in [1.29, 1.82) is 0 Å². The van der Waals surface area contributed by atoms with Crippen LogP contribution in [0.3, 0.4) is 0 Å². The van der Waals surface area contributed by atoms with Crippen LogP contribution in [-0.4, -0.2) is 46.6 Å². The molecule has 0 saturated carbocycles. The average Bonchev–Trinajstić information content (AvgIpc) is 2.65. The summed E-state index contributed by atoms with van der Waals surface area (Å²) in [5.74, 6) is 1.51. The smallest absolute Gasteiger partial charge is 0.231 e. The van der Waals surface area contributed by atoms with Gasteiger partial charge in [0.15, 0.2) is 5.11 Å². The second-order valence-corrected chi connectivity index (χ2v) is 8.69. The third kappa shape index (κ3) is 6.58. The van der Waals surface area contributed by atoms with Crippen LogP contribution in [0.15, 0.2) is 48.5 Å². The molecule has 2 aromatic rings. The van der Waals surface area contributed by atoms with E-state index in [2.05, 4.69) is 10.6 Å². The highest BCUT2D eigenvalue weighted by atomic mass is 32.2. The third-order valence-electron chi connectivity index (χ3n) is 3.90. The molecule has 0 fully saturated rings. The van der Waals surface area contributed by atoms with E-state index < -0.39 is 10.0 Å². The molecule has 0 spiro atoms. The Hall–Kier alpha value is -2.52. The Morgan fingerprint density at radius 1 is 1.18 bits per heavy atom. The maximum Gasteiger partial charge on any atom is 0.231 e. The fourth-order valence-corrected chi connectivity index (χ4v) is 3.11. The fourth-order valence-electron chi connectivity index (χ4n) is 2.30. The highest BCUT2D eigenvalue weighted by Crippen LogP contribution is 2.20. The molecule has 28 heavy (non-hydrogen) atoms. The van der Waals surface area contributed by atoms with Gasteiger partial charge in [0.2, 0.25) is 10.0 Å². The highest BCUT2D eigenvalue weighted by molar-refractivity contribution is 7.92. The quantitative estimate of drug-likeness (QED) is 0.632. The molecule has 0 aromatic heterocycles. The van der Waals surface area contributed by atoms with Crippen molar-refractivity contribution in [2.24, 2.45) is 0 Å². The molecule has 2 rings (SSSR count). The van der Waals surface area contributed by atoms with E-state index >= 15 is 0 Å². The summed E-state index contributed by atoms with van der Waals surface area (Å²) < 4.78 is 35.4. The molecule has 7 nitrogen and oxygen atoms in total. The summed E-state index contributed by atoms with van der Waals surface area (Å²) in [7, 11) is -0.206. The Kier molecular flexibility index (Phi) is 7.47. The first-order valence-corrected chi connectivity index (χ1v) is 10.8. The number of anilines is 2.